The van der Waals surface area contributed by atoms with Gasteiger partial charge in [0, 0.05) is 7.11 Å². The van der Waals surface area contributed by atoms with Crippen molar-refractivity contribution in [2.24, 2.45) is 0 Å². The van der Waals surface area contributed by atoms with Gasteiger partial charge in [0.2, 0.25) is 0 Å². The molecule has 0 heterocycles. The minimum Gasteiger partial charge on any atom is -0.400 e. The predicted molar refractivity (Wildman–Crippen MR) is 49.4 cm³/mol. The Morgan fingerprint density at radius 1 is 1.18 bits per heavy atom. The summed E-state index contributed by atoms with van der Waals surface area (Å²) in [5, 5.41) is 7.00. The van der Waals surface area contributed by atoms with Crippen LogP contribution in [0.3, 0.4) is 0 Å². The molecule has 1 N–H and O–H groups in total. The van der Waals surface area contributed by atoms with Crippen LogP contribution in [0.1, 0.15) is 5.56 Å². The van der Waals surface area contributed by atoms with E-state index in [1.165, 1.54) is 5.98 Å². The maximum Gasteiger partial charge on any atom is 0.102 e. The standard InChI is InChI=1S/C8H7B.CH4O/c9-7-6-8-4-2-1-3-5-8;1-2/h1-7H;2H,1H3/b7-6+;. The van der Waals surface area contributed by atoms with Crippen molar-refractivity contribution in [2.75, 3.05) is 7.11 Å². The second kappa shape index (κ2) is 7.10. The average Bonchev–Trinajstić information content (AvgIpc) is 2.11. The molecule has 11 heavy (non-hydrogen) atoms. The van der Waals surface area contributed by atoms with E-state index in [0.29, 0.717) is 0 Å². The SMILES string of the molecule is CO.[B]/C=C/c1ccccc1. The Morgan fingerprint density at radius 2 is 1.73 bits per heavy atom. The Hall–Kier alpha value is -1.02. The minimum absolute atomic E-state index is 1.00. The molecule has 2 heteroatoms. The van der Waals surface area contributed by atoms with E-state index in [9.17, 15) is 0 Å². The van der Waals surface area contributed by atoms with Crippen LogP contribution in [0.25, 0.3) is 6.08 Å². The molecule has 1 aromatic carbocycles. The van der Waals surface area contributed by atoms with E-state index in [1.54, 1.807) is 0 Å². The van der Waals surface area contributed by atoms with E-state index in [-0.39, 0.29) is 0 Å². The fraction of sp³-hybridized carbons (Fsp3) is 0.111. The third-order valence-electron chi connectivity index (χ3n) is 1.09. The van der Waals surface area contributed by atoms with Crippen LogP contribution >= 0.6 is 0 Å². The molecule has 1 rings (SSSR count). The van der Waals surface area contributed by atoms with Crippen molar-refractivity contribution >= 4 is 13.9 Å². The molecule has 56 valence electrons. The molecule has 0 fully saturated rings. The molecule has 0 aliphatic heterocycles. The smallest absolute Gasteiger partial charge is 0.102 e. The van der Waals surface area contributed by atoms with Crippen LogP contribution in [0, 0.1) is 0 Å². The first kappa shape index (κ1) is 9.98. The normalized spacial score (nSPS) is 8.91. The van der Waals surface area contributed by atoms with Gasteiger partial charge in [-0.1, -0.05) is 36.4 Å². The number of hydrogen-bond acceptors (Lipinski definition) is 1. The fourth-order valence-corrected chi connectivity index (χ4v) is 0.675. The van der Waals surface area contributed by atoms with Gasteiger partial charge in [-0.05, 0) is 5.56 Å². The molecule has 2 radical (unpaired) electrons. The highest BCUT2D eigenvalue weighted by Crippen LogP contribution is 1.98. The van der Waals surface area contributed by atoms with E-state index in [2.05, 4.69) is 0 Å². The molecular formula is C9H11BO. The predicted octanol–water partition coefficient (Wildman–Crippen LogP) is 1.43. The van der Waals surface area contributed by atoms with Crippen LogP contribution in [0.5, 0.6) is 0 Å². The third-order valence-corrected chi connectivity index (χ3v) is 1.09. The summed E-state index contributed by atoms with van der Waals surface area (Å²) in [7, 11) is 6.18. The Bertz CT molecular complexity index is 194. The summed E-state index contributed by atoms with van der Waals surface area (Å²) in [4.78, 5) is 0. The van der Waals surface area contributed by atoms with Gasteiger partial charge in [0.15, 0.2) is 0 Å². The molecule has 0 aromatic heterocycles. The highest BCUT2D eigenvalue weighted by molar-refractivity contribution is 6.19. The lowest BCUT2D eigenvalue weighted by Crippen LogP contribution is -1.66. The minimum atomic E-state index is 1.00. The summed E-state index contributed by atoms with van der Waals surface area (Å²) < 4.78 is 0. The Labute approximate surface area is 68.8 Å². The molecule has 1 aromatic rings. The summed E-state index contributed by atoms with van der Waals surface area (Å²) in [6.07, 6.45) is 1.86. The van der Waals surface area contributed by atoms with Crippen molar-refractivity contribution < 1.29 is 5.11 Å². The van der Waals surface area contributed by atoms with Gasteiger partial charge >= 0.3 is 0 Å². The zero-order valence-corrected chi connectivity index (χ0v) is 6.57. The van der Waals surface area contributed by atoms with Crippen molar-refractivity contribution in [1.29, 1.82) is 0 Å². The van der Waals surface area contributed by atoms with E-state index in [4.69, 9.17) is 13.0 Å². The molecule has 0 spiro atoms. The van der Waals surface area contributed by atoms with Crippen LogP contribution in [0.2, 0.25) is 0 Å². The molecule has 0 bridgehead atoms. The number of rotatable bonds is 1. The van der Waals surface area contributed by atoms with E-state index in [0.717, 1.165) is 12.7 Å². The van der Waals surface area contributed by atoms with Gasteiger partial charge in [-0.15, -0.1) is 5.98 Å². The summed E-state index contributed by atoms with van der Waals surface area (Å²) in [6, 6.07) is 9.95. The molecule has 0 atom stereocenters. The van der Waals surface area contributed by atoms with Crippen molar-refractivity contribution in [3.63, 3.8) is 0 Å². The first-order valence-corrected chi connectivity index (χ1v) is 3.31. The zero-order valence-electron chi connectivity index (χ0n) is 6.57. The molecule has 0 unspecified atom stereocenters. The van der Waals surface area contributed by atoms with Gasteiger partial charge in [0.1, 0.15) is 7.85 Å². The first-order valence-electron chi connectivity index (χ1n) is 3.31. The van der Waals surface area contributed by atoms with Gasteiger partial charge in [0.05, 0.1) is 0 Å². The monoisotopic (exact) mass is 146 g/mol. The van der Waals surface area contributed by atoms with Crippen LogP contribution < -0.4 is 0 Å². The molecular weight excluding hydrogens is 135 g/mol. The Morgan fingerprint density at radius 3 is 2.18 bits per heavy atom. The summed E-state index contributed by atoms with van der Waals surface area (Å²) >= 11 is 0. The highest BCUT2D eigenvalue weighted by atomic mass is 16.2. The quantitative estimate of drug-likeness (QED) is 0.594. The van der Waals surface area contributed by atoms with Crippen LogP contribution in [-0.2, 0) is 0 Å². The molecule has 0 saturated carbocycles. The Kier molecular flexibility index (Phi) is 6.44. The number of benzene rings is 1. The lowest BCUT2D eigenvalue weighted by atomic mass is 10.1. The number of aliphatic hydroxyl groups excluding tert-OH is 1. The van der Waals surface area contributed by atoms with Crippen molar-refractivity contribution in [1.82, 2.24) is 0 Å². The van der Waals surface area contributed by atoms with Gasteiger partial charge in [-0.3, -0.25) is 0 Å². The van der Waals surface area contributed by atoms with Crippen molar-refractivity contribution in [3.8, 4) is 0 Å². The van der Waals surface area contributed by atoms with Gasteiger partial charge < -0.3 is 5.11 Å². The average molecular weight is 146 g/mol. The maximum atomic E-state index is 7.00. The number of aliphatic hydroxyl groups is 1. The molecule has 1 nitrogen and oxygen atoms in total. The topological polar surface area (TPSA) is 20.2 Å². The van der Waals surface area contributed by atoms with E-state index < -0.39 is 0 Å². The number of hydrogen-bond donors (Lipinski definition) is 1. The maximum absolute atomic E-state index is 7.00. The molecule has 0 saturated heterocycles. The second-order valence-corrected chi connectivity index (χ2v) is 1.77. The van der Waals surface area contributed by atoms with Crippen LogP contribution in [-0.4, -0.2) is 20.1 Å². The largest absolute Gasteiger partial charge is 0.400 e. The van der Waals surface area contributed by atoms with Gasteiger partial charge in [-0.25, -0.2) is 0 Å². The third kappa shape index (κ3) is 4.40. The van der Waals surface area contributed by atoms with Crippen molar-refractivity contribution in [3.05, 3.63) is 41.9 Å². The lowest BCUT2D eigenvalue weighted by Gasteiger charge is -1.87. The van der Waals surface area contributed by atoms with Crippen LogP contribution in [0.4, 0.5) is 0 Å². The van der Waals surface area contributed by atoms with E-state index in [1.807, 2.05) is 36.4 Å². The van der Waals surface area contributed by atoms with E-state index >= 15 is 0 Å². The molecule has 0 aliphatic rings. The van der Waals surface area contributed by atoms with Crippen LogP contribution in [0.15, 0.2) is 36.3 Å². The van der Waals surface area contributed by atoms with Gasteiger partial charge in [-0.2, -0.15) is 0 Å². The summed E-state index contributed by atoms with van der Waals surface area (Å²) in [6.45, 7) is 0. The summed E-state index contributed by atoms with van der Waals surface area (Å²) in [5.74, 6) is 1.54. The lowest BCUT2D eigenvalue weighted by molar-refractivity contribution is 0.399. The van der Waals surface area contributed by atoms with Crippen molar-refractivity contribution in [2.45, 2.75) is 0 Å². The first-order chi connectivity index (χ1) is 5.43. The summed E-state index contributed by atoms with van der Waals surface area (Å²) in [5.41, 5.74) is 1.14. The Balaban J connectivity index is 0.000000461. The van der Waals surface area contributed by atoms with Gasteiger partial charge in [0.25, 0.3) is 0 Å². The fourth-order valence-electron chi connectivity index (χ4n) is 0.675. The zero-order chi connectivity index (χ0) is 8.53. The second-order valence-electron chi connectivity index (χ2n) is 1.77. The molecule has 0 amide bonds. The molecule has 0 aliphatic carbocycles. The highest BCUT2D eigenvalue weighted by Gasteiger charge is 1.77.